The molecular weight excluding hydrogens is 448 g/mol. The van der Waals surface area contributed by atoms with Crippen molar-refractivity contribution in [1.82, 2.24) is 25.1 Å². The van der Waals surface area contributed by atoms with E-state index in [-0.39, 0.29) is 22.3 Å². The summed E-state index contributed by atoms with van der Waals surface area (Å²) in [5.74, 6) is -7.82. The summed E-state index contributed by atoms with van der Waals surface area (Å²) in [5.41, 5.74) is -4.84. The maximum absolute atomic E-state index is 14.2. The summed E-state index contributed by atoms with van der Waals surface area (Å²) in [5, 5.41) is 5.85. The van der Waals surface area contributed by atoms with Gasteiger partial charge < -0.3 is 9.72 Å². The Morgan fingerprint density at radius 3 is 2.45 bits per heavy atom. The number of aromatic nitrogens is 5. The van der Waals surface area contributed by atoms with Gasteiger partial charge in [-0.25, -0.2) is 9.97 Å². The van der Waals surface area contributed by atoms with E-state index in [9.17, 15) is 26.7 Å². The molecular formula is C15H10Cl2F5N5O2. The van der Waals surface area contributed by atoms with Gasteiger partial charge in [-0.3, -0.25) is 9.89 Å². The first kappa shape index (κ1) is 21.2. The predicted molar refractivity (Wildman–Crippen MR) is 91.7 cm³/mol. The second-order valence-corrected chi connectivity index (χ2v) is 7.04. The van der Waals surface area contributed by atoms with E-state index in [1.807, 2.05) is 4.98 Å². The van der Waals surface area contributed by atoms with Crippen molar-refractivity contribution in [2.24, 2.45) is 0 Å². The molecule has 0 saturated heterocycles. The molecule has 14 heteroatoms. The van der Waals surface area contributed by atoms with Crippen LogP contribution in [-0.4, -0.2) is 36.9 Å². The van der Waals surface area contributed by atoms with Crippen LogP contribution in [0.25, 0.3) is 11.6 Å². The van der Waals surface area contributed by atoms with Gasteiger partial charge in [0, 0.05) is 11.5 Å². The molecule has 0 radical (unpaired) electrons. The lowest BCUT2D eigenvalue weighted by Crippen LogP contribution is -2.40. The Balaban J connectivity index is 2.16. The largest absolute Gasteiger partial charge is 0.475 e. The van der Waals surface area contributed by atoms with E-state index in [0.717, 1.165) is 6.33 Å². The van der Waals surface area contributed by atoms with Gasteiger partial charge in [0.05, 0.1) is 5.03 Å². The molecule has 0 fully saturated rings. The van der Waals surface area contributed by atoms with Gasteiger partial charge in [-0.1, -0.05) is 23.2 Å². The van der Waals surface area contributed by atoms with Crippen LogP contribution >= 0.6 is 23.2 Å². The first-order valence-corrected chi connectivity index (χ1v) is 8.47. The number of allylic oxidation sites excluding steroid dienone is 2. The molecule has 0 spiro atoms. The number of alkyl halides is 5. The van der Waals surface area contributed by atoms with Crippen molar-refractivity contribution < 1.29 is 26.7 Å². The zero-order valence-electron chi connectivity index (χ0n) is 14.2. The van der Waals surface area contributed by atoms with Gasteiger partial charge in [0.15, 0.2) is 17.3 Å². The second kappa shape index (κ2) is 7.10. The molecule has 29 heavy (non-hydrogen) atoms. The van der Waals surface area contributed by atoms with Crippen LogP contribution in [0.15, 0.2) is 33.3 Å². The van der Waals surface area contributed by atoms with Crippen LogP contribution in [-0.2, 0) is 5.92 Å². The third-order valence-corrected chi connectivity index (χ3v) is 4.64. The smallest absolute Gasteiger partial charge is 0.459 e. The van der Waals surface area contributed by atoms with Gasteiger partial charge in [0.1, 0.15) is 11.9 Å². The van der Waals surface area contributed by atoms with Crippen LogP contribution in [0.2, 0.25) is 0 Å². The summed E-state index contributed by atoms with van der Waals surface area (Å²) in [7, 11) is 0. The summed E-state index contributed by atoms with van der Waals surface area (Å²) in [4.78, 5) is 21.3. The minimum atomic E-state index is -6.05. The number of aromatic amines is 2. The summed E-state index contributed by atoms with van der Waals surface area (Å²) in [6.07, 6.45) is -2.72. The highest BCUT2D eigenvalue weighted by atomic mass is 35.5. The maximum Gasteiger partial charge on any atom is 0.459 e. The summed E-state index contributed by atoms with van der Waals surface area (Å²) in [6.45, 7) is 1.33. The molecule has 1 atom stereocenters. The fourth-order valence-corrected chi connectivity index (χ4v) is 2.89. The normalized spacial score (nSPS) is 20.3. The summed E-state index contributed by atoms with van der Waals surface area (Å²) in [6, 6.07) is 0. The van der Waals surface area contributed by atoms with E-state index >= 15 is 0 Å². The SMILES string of the molecule is CC1(Oc2c(C(F)(F)C(F)(F)F)nc(-c3ncn[nH]3)[nH]c2=O)C=CC(Cl)=C(Cl)C1. The van der Waals surface area contributed by atoms with Crippen LogP contribution in [0.5, 0.6) is 5.75 Å². The summed E-state index contributed by atoms with van der Waals surface area (Å²) < 4.78 is 72.8. The molecule has 0 bridgehead atoms. The first-order chi connectivity index (χ1) is 13.3. The van der Waals surface area contributed by atoms with Gasteiger partial charge in [0.2, 0.25) is 5.75 Å². The Bertz CT molecular complexity index is 1050. The van der Waals surface area contributed by atoms with Crippen molar-refractivity contribution in [3.8, 4) is 17.4 Å². The quantitative estimate of drug-likeness (QED) is 0.676. The Kier molecular flexibility index (Phi) is 5.20. The Morgan fingerprint density at radius 1 is 1.21 bits per heavy atom. The molecule has 7 nitrogen and oxygen atoms in total. The first-order valence-electron chi connectivity index (χ1n) is 7.71. The average Bonchev–Trinajstić information content (AvgIpc) is 3.13. The van der Waals surface area contributed by atoms with Gasteiger partial charge in [-0.15, -0.1) is 0 Å². The molecule has 0 saturated carbocycles. The third kappa shape index (κ3) is 3.99. The highest BCUT2D eigenvalue weighted by molar-refractivity contribution is 6.40. The molecule has 0 aromatic carbocycles. The number of nitrogens with one attached hydrogen (secondary N) is 2. The summed E-state index contributed by atoms with van der Waals surface area (Å²) >= 11 is 11.7. The zero-order valence-corrected chi connectivity index (χ0v) is 15.8. The Morgan fingerprint density at radius 2 is 1.90 bits per heavy atom. The zero-order chi connectivity index (χ0) is 21.6. The van der Waals surface area contributed by atoms with Crippen molar-refractivity contribution in [2.45, 2.75) is 31.0 Å². The van der Waals surface area contributed by atoms with Gasteiger partial charge in [-0.05, 0) is 19.1 Å². The molecule has 2 N–H and O–H groups in total. The lowest BCUT2D eigenvalue weighted by atomic mass is 9.97. The van der Waals surface area contributed by atoms with Gasteiger partial charge in [-0.2, -0.15) is 27.1 Å². The molecule has 2 heterocycles. The molecule has 1 aliphatic rings. The Hall–Kier alpha value is -2.47. The molecule has 1 aliphatic carbocycles. The molecule has 3 rings (SSSR count). The van der Waals surface area contributed by atoms with E-state index in [1.165, 1.54) is 19.1 Å². The molecule has 2 aromatic heterocycles. The van der Waals surface area contributed by atoms with Gasteiger partial charge in [0.25, 0.3) is 5.56 Å². The minimum absolute atomic E-state index is 0.0727. The topological polar surface area (TPSA) is 96.6 Å². The molecule has 1 unspecified atom stereocenters. The highest BCUT2D eigenvalue weighted by Gasteiger charge is 2.62. The molecule has 0 amide bonds. The molecule has 156 valence electrons. The lowest BCUT2D eigenvalue weighted by molar-refractivity contribution is -0.291. The number of hydrogen-bond acceptors (Lipinski definition) is 5. The molecule has 2 aromatic rings. The van der Waals surface area contributed by atoms with Crippen molar-refractivity contribution in [3.05, 3.63) is 44.6 Å². The fourth-order valence-electron chi connectivity index (χ4n) is 2.43. The number of H-pyrrole nitrogens is 2. The number of halogens is 7. The van der Waals surface area contributed by atoms with Crippen LogP contribution in [0.1, 0.15) is 19.0 Å². The Labute approximate surface area is 168 Å². The predicted octanol–water partition coefficient (Wildman–Crippen LogP) is 4.00. The van der Waals surface area contributed by atoms with E-state index in [1.54, 1.807) is 0 Å². The van der Waals surface area contributed by atoms with Crippen molar-refractivity contribution >= 4 is 23.2 Å². The number of ether oxygens (including phenoxy) is 1. The van der Waals surface area contributed by atoms with Gasteiger partial charge >= 0.3 is 12.1 Å². The van der Waals surface area contributed by atoms with E-state index in [2.05, 4.69) is 20.2 Å². The van der Waals surface area contributed by atoms with E-state index in [4.69, 9.17) is 27.9 Å². The number of rotatable bonds is 4. The van der Waals surface area contributed by atoms with Crippen molar-refractivity contribution in [2.75, 3.05) is 0 Å². The van der Waals surface area contributed by atoms with E-state index in [0.29, 0.717) is 0 Å². The van der Waals surface area contributed by atoms with Crippen LogP contribution in [0.3, 0.4) is 0 Å². The number of nitrogens with zero attached hydrogens (tertiary/aromatic N) is 3. The highest BCUT2D eigenvalue weighted by Crippen LogP contribution is 2.46. The lowest BCUT2D eigenvalue weighted by Gasteiger charge is -2.31. The van der Waals surface area contributed by atoms with Crippen molar-refractivity contribution in [3.63, 3.8) is 0 Å². The number of hydrogen-bond donors (Lipinski definition) is 2. The monoisotopic (exact) mass is 457 g/mol. The third-order valence-electron chi connectivity index (χ3n) is 3.85. The minimum Gasteiger partial charge on any atom is -0.475 e. The molecule has 0 aliphatic heterocycles. The van der Waals surface area contributed by atoms with E-state index < -0.39 is 40.5 Å². The maximum atomic E-state index is 14.2. The van der Waals surface area contributed by atoms with Crippen molar-refractivity contribution in [1.29, 1.82) is 0 Å². The van der Waals surface area contributed by atoms with Crippen LogP contribution in [0.4, 0.5) is 22.0 Å². The van der Waals surface area contributed by atoms with Crippen LogP contribution in [0, 0.1) is 0 Å². The second-order valence-electron chi connectivity index (χ2n) is 6.18. The van der Waals surface area contributed by atoms with Crippen LogP contribution < -0.4 is 10.3 Å². The standard InChI is InChI=1S/C15H10Cl2F5N5O2/c1-13(3-2-6(16)7(17)4-13)29-8-9(14(18,19)15(20,21)22)25-11(26-12(8)28)10-23-5-24-27-10/h2-3,5H,4H2,1H3,(H,23,24,27)(H,25,26,28). The average molecular weight is 458 g/mol. The fraction of sp³-hybridized carbons (Fsp3) is 0.333.